The quantitative estimate of drug-likeness (QED) is 0.0222. The Labute approximate surface area is 568 Å². The zero-order valence-corrected chi connectivity index (χ0v) is 62.7. The van der Waals surface area contributed by atoms with Gasteiger partial charge < -0.3 is 33.8 Å². The second-order valence-electron chi connectivity index (χ2n) is 28.4. The monoisotopic (exact) mass is 1370 g/mol. The number of esters is 4. The third-order valence-corrected chi connectivity index (χ3v) is 19.3. The van der Waals surface area contributed by atoms with E-state index in [1.807, 2.05) is 0 Å². The standard InChI is InChI=1S/C74H144O17P2/c1-9-67(8)53-45-37-29-23-24-32-41-49-57-74(79)91-69(60-84-71(76)54-46-38-30-21-18-17-20-27-35-43-51-65(4)5)62-88-92(80,81)86-58-68(75)59-87-93(82,83)89-63-70(61-85-72(77)55-47-39-33-25-28-36-44-52-66(6)7)90-73(78)56-48-40-31-22-16-14-12-10-11-13-15-19-26-34-42-50-64(2)3/h64-70,75H,9-63H2,1-8H3,(H,80,81)(H,82,83)/t67?,68?,69-,70-/m1/s1. The summed E-state index contributed by atoms with van der Waals surface area (Å²) >= 11 is 0. The van der Waals surface area contributed by atoms with E-state index < -0.39 is 97.5 Å². The maximum Gasteiger partial charge on any atom is 0.472 e. The van der Waals surface area contributed by atoms with Gasteiger partial charge in [0.15, 0.2) is 12.2 Å². The maximum atomic E-state index is 13.0. The van der Waals surface area contributed by atoms with E-state index in [0.29, 0.717) is 31.6 Å². The van der Waals surface area contributed by atoms with Gasteiger partial charge in [0.05, 0.1) is 26.4 Å². The molecule has 0 spiro atoms. The number of ether oxygens (including phenoxy) is 4. The molecule has 0 aromatic rings. The first-order chi connectivity index (χ1) is 44.6. The average Bonchev–Trinajstić information content (AvgIpc) is 1.51. The lowest BCUT2D eigenvalue weighted by atomic mass is 9.99. The number of phosphoric ester groups is 2. The summed E-state index contributed by atoms with van der Waals surface area (Å²) in [6.07, 6.45) is 47.2. The third-order valence-electron chi connectivity index (χ3n) is 17.4. The summed E-state index contributed by atoms with van der Waals surface area (Å²) in [6, 6.07) is 0. The smallest absolute Gasteiger partial charge is 0.462 e. The van der Waals surface area contributed by atoms with E-state index in [4.69, 9.17) is 37.0 Å². The van der Waals surface area contributed by atoms with Gasteiger partial charge in [-0.2, -0.15) is 0 Å². The van der Waals surface area contributed by atoms with Gasteiger partial charge in [-0.3, -0.25) is 37.3 Å². The number of aliphatic hydroxyl groups excluding tert-OH is 1. The average molecular weight is 1370 g/mol. The molecule has 0 aromatic heterocycles. The van der Waals surface area contributed by atoms with Crippen molar-refractivity contribution >= 4 is 39.5 Å². The first-order valence-corrected chi connectivity index (χ1v) is 41.2. The number of carbonyl (C=O) groups excluding carboxylic acids is 4. The SMILES string of the molecule is CCC(C)CCCCCCCCCCC(=O)O[C@H](COC(=O)CCCCCCCCCCCCC(C)C)COP(=O)(O)OCC(O)COP(=O)(O)OC[C@@H](COC(=O)CCCCCCCCCC(C)C)OC(=O)CCCCCCCCCCCCCCCCCC(C)C. The molecular weight excluding hydrogens is 1220 g/mol. The second-order valence-corrected chi connectivity index (χ2v) is 31.3. The molecule has 552 valence electrons. The van der Waals surface area contributed by atoms with Crippen LogP contribution in [-0.4, -0.2) is 96.7 Å². The fraction of sp³-hybridized carbons (Fsp3) is 0.946. The van der Waals surface area contributed by atoms with Gasteiger partial charge in [-0.05, 0) is 49.4 Å². The molecular formula is C74H144O17P2. The van der Waals surface area contributed by atoms with Gasteiger partial charge in [0, 0.05) is 25.7 Å². The number of unbranched alkanes of at least 4 members (excludes halogenated alkanes) is 36. The molecule has 0 saturated carbocycles. The Hall–Kier alpha value is -1.94. The van der Waals surface area contributed by atoms with Crippen LogP contribution in [0.5, 0.6) is 0 Å². The predicted octanol–water partition coefficient (Wildman–Crippen LogP) is 21.3. The summed E-state index contributed by atoms with van der Waals surface area (Å²) in [6.45, 7) is 14.1. The molecule has 0 aliphatic rings. The van der Waals surface area contributed by atoms with Crippen LogP contribution in [0.15, 0.2) is 0 Å². The minimum absolute atomic E-state index is 0.104. The first-order valence-electron chi connectivity index (χ1n) is 38.2. The van der Waals surface area contributed by atoms with Crippen LogP contribution in [0.3, 0.4) is 0 Å². The zero-order valence-electron chi connectivity index (χ0n) is 60.9. The van der Waals surface area contributed by atoms with Crippen molar-refractivity contribution < 1.29 is 80.2 Å². The lowest BCUT2D eigenvalue weighted by Crippen LogP contribution is -2.30. The Morgan fingerprint density at radius 1 is 0.301 bits per heavy atom. The van der Waals surface area contributed by atoms with Crippen molar-refractivity contribution in [3.63, 3.8) is 0 Å². The zero-order chi connectivity index (χ0) is 68.9. The van der Waals surface area contributed by atoms with Crippen LogP contribution in [0.1, 0.15) is 370 Å². The normalized spacial score (nSPS) is 14.5. The van der Waals surface area contributed by atoms with Crippen molar-refractivity contribution in [2.24, 2.45) is 23.7 Å². The number of rotatable bonds is 71. The van der Waals surface area contributed by atoms with Crippen LogP contribution in [0.25, 0.3) is 0 Å². The van der Waals surface area contributed by atoms with E-state index in [1.165, 1.54) is 167 Å². The fourth-order valence-electron chi connectivity index (χ4n) is 11.2. The largest absolute Gasteiger partial charge is 0.472 e. The molecule has 19 heteroatoms. The van der Waals surface area contributed by atoms with Gasteiger partial charge in [0.25, 0.3) is 0 Å². The van der Waals surface area contributed by atoms with Crippen molar-refractivity contribution in [2.45, 2.75) is 388 Å². The number of carbonyl (C=O) groups is 4. The molecule has 0 fully saturated rings. The van der Waals surface area contributed by atoms with Crippen LogP contribution in [0.4, 0.5) is 0 Å². The van der Waals surface area contributed by atoms with Gasteiger partial charge in [0.1, 0.15) is 19.3 Å². The Balaban J connectivity index is 5.23. The molecule has 0 aliphatic heterocycles. The fourth-order valence-corrected chi connectivity index (χ4v) is 12.7. The Bertz CT molecular complexity index is 1840. The number of hydrogen-bond donors (Lipinski definition) is 3. The van der Waals surface area contributed by atoms with Crippen LogP contribution in [0.2, 0.25) is 0 Å². The Kier molecular flexibility index (Phi) is 62.2. The van der Waals surface area contributed by atoms with Gasteiger partial charge >= 0.3 is 39.5 Å². The van der Waals surface area contributed by atoms with E-state index in [9.17, 15) is 43.2 Å². The minimum atomic E-state index is -4.96. The molecule has 0 heterocycles. The van der Waals surface area contributed by atoms with E-state index in [2.05, 4.69) is 55.4 Å². The molecule has 6 atom stereocenters. The topological polar surface area (TPSA) is 237 Å². The Morgan fingerprint density at radius 2 is 0.516 bits per heavy atom. The highest BCUT2D eigenvalue weighted by atomic mass is 31.2. The summed E-state index contributed by atoms with van der Waals surface area (Å²) in [5.41, 5.74) is 0. The Morgan fingerprint density at radius 3 is 0.763 bits per heavy atom. The highest BCUT2D eigenvalue weighted by molar-refractivity contribution is 7.47. The lowest BCUT2D eigenvalue weighted by Gasteiger charge is -2.21. The molecule has 0 radical (unpaired) electrons. The number of phosphoric acid groups is 2. The molecule has 17 nitrogen and oxygen atoms in total. The minimum Gasteiger partial charge on any atom is -0.462 e. The van der Waals surface area contributed by atoms with Gasteiger partial charge in [-0.1, -0.05) is 319 Å². The van der Waals surface area contributed by atoms with E-state index in [0.717, 1.165) is 114 Å². The third kappa shape index (κ3) is 67.0. The van der Waals surface area contributed by atoms with Crippen molar-refractivity contribution in [1.29, 1.82) is 0 Å². The van der Waals surface area contributed by atoms with Crippen molar-refractivity contribution in [3.05, 3.63) is 0 Å². The number of hydrogen-bond acceptors (Lipinski definition) is 15. The van der Waals surface area contributed by atoms with E-state index >= 15 is 0 Å². The van der Waals surface area contributed by atoms with Crippen LogP contribution in [-0.2, 0) is 65.4 Å². The predicted molar refractivity (Wildman–Crippen MR) is 377 cm³/mol. The highest BCUT2D eigenvalue weighted by Crippen LogP contribution is 2.45. The molecule has 0 aromatic carbocycles. The summed E-state index contributed by atoms with van der Waals surface area (Å²) < 4.78 is 68.4. The van der Waals surface area contributed by atoms with Gasteiger partial charge in [-0.25, -0.2) is 9.13 Å². The first kappa shape index (κ1) is 91.1. The lowest BCUT2D eigenvalue weighted by molar-refractivity contribution is -0.161. The molecule has 93 heavy (non-hydrogen) atoms. The maximum absolute atomic E-state index is 13.0. The van der Waals surface area contributed by atoms with Crippen molar-refractivity contribution in [1.82, 2.24) is 0 Å². The van der Waals surface area contributed by atoms with Crippen LogP contribution in [0, 0.1) is 23.7 Å². The summed E-state index contributed by atoms with van der Waals surface area (Å²) in [5.74, 6) is 0.910. The van der Waals surface area contributed by atoms with Crippen molar-refractivity contribution in [2.75, 3.05) is 39.6 Å². The molecule has 0 aliphatic carbocycles. The summed E-state index contributed by atoms with van der Waals surface area (Å²) in [4.78, 5) is 72.7. The second kappa shape index (κ2) is 63.5. The van der Waals surface area contributed by atoms with E-state index in [1.54, 1.807) is 0 Å². The van der Waals surface area contributed by atoms with E-state index in [-0.39, 0.29) is 25.7 Å². The molecule has 0 saturated heterocycles. The molecule has 3 N–H and O–H groups in total. The molecule has 4 unspecified atom stereocenters. The van der Waals surface area contributed by atoms with Crippen LogP contribution >= 0.6 is 15.6 Å². The summed E-state index contributed by atoms with van der Waals surface area (Å²) in [5, 5.41) is 10.6. The molecule has 0 rings (SSSR count). The molecule has 0 amide bonds. The van der Waals surface area contributed by atoms with Gasteiger partial charge in [0.2, 0.25) is 0 Å². The van der Waals surface area contributed by atoms with Crippen molar-refractivity contribution in [3.8, 4) is 0 Å². The highest BCUT2D eigenvalue weighted by Gasteiger charge is 2.30. The summed E-state index contributed by atoms with van der Waals surface area (Å²) in [7, 11) is -9.91. The molecule has 0 bridgehead atoms. The number of aliphatic hydroxyl groups is 1. The van der Waals surface area contributed by atoms with Crippen LogP contribution < -0.4 is 0 Å². The van der Waals surface area contributed by atoms with Gasteiger partial charge in [-0.15, -0.1) is 0 Å².